The Hall–Kier alpha value is -2.31. The van der Waals surface area contributed by atoms with E-state index in [9.17, 15) is 14.9 Å². The van der Waals surface area contributed by atoms with Gasteiger partial charge in [-0.05, 0) is 45.7 Å². The van der Waals surface area contributed by atoms with Crippen LogP contribution >= 0.6 is 0 Å². The van der Waals surface area contributed by atoms with Crippen LogP contribution in [0.1, 0.15) is 33.6 Å². The molecule has 0 aromatic heterocycles. The molecule has 0 unspecified atom stereocenters. The number of nitro benzene ring substituents is 1. The van der Waals surface area contributed by atoms with Crippen molar-refractivity contribution in [2.24, 2.45) is 0 Å². The summed E-state index contributed by atoms with van der Waals surface area (Å²) in [7, 11) is 0. The number of anilines is 2. The minimum atomic E-state index is -0.704. The van der Waals surface area contributed by atoms with E-state index in [-0.39, 0.29) is 11.4 Å². The van der Waals surface area contributed by atoms with Crippen LogP contribution in [0.25, 0.3) is 0 Å². The first-order chi connectivity index (χ1) is 10.3. The zero-order valence-electron chi connectivity index (χ0n) is 13.1. The third-order valence-corrected chi connectivity index (χ3v) is 3.28. The Balaban J connectivity index is 2.20. The van der Waals surface area contributed by atoms with Gasteiger partial charge in [-0.15, -0.1) is 0 Å². The zero-order valence-corrected chi connectivity index (χ0v) is 13.1. The average Bonchev–Trinajstić information content (AvgIpc) is 2.90. The molecule has 2 rings (SSSR count). The Morgan fingerprint density at radius 3 is 2.50 bits per heavy atom. The minimum Gasteiger partial charge on any atom is -0.444 e. The summed E-state index contributed by atoms with van der Waals surface area (Å²) in [4.78, 5) is 24.6. The van der Waals surface area contributed by atoms with Gasteiger partial charge >= 0.3 is 6.09 Å². The van der Waals surface area contributed by atoms with Gasteiger partial charge in [0.1, 0.15) is 11.3 Å². The van der Waals surface area contributed by atoms with E-state index in [1.807, 2.05) is 0 Å². The first-order valence-corrected chi connectivity index (χ1v) is 7.30. The van der Waals surface area contributed by atoms with E-state index in [1.54, 1.807) is 32.9 Å². The van der Waals surface area contributed by atoms with Crippen LogP contribution in [0.3, 0.4) is 0 Å². The molecular formula is C15H21N3O4. The van der Waals surface area contributed by atoms with Gasteiger partial charge in [0.15, 0.2) is 0 Å². The second-order valence-corrected chi connectivity index (χ2v) is 6.28. The fraction of sp³-hybridized carbons (Fsp3) is 0.533. The van der Waals surface area contributed by atoms with Gasteiger partial charge in [-0.3, -0.25) is 15.4 Å². The van der Waals surface area contributed by atoms with Crippen molar-refractivity contribution >= 4 is 23.2 Å². The van der Waals surface area contributed by atoms with Crippen LogP contribution in [0, 0.1) is 10.1 Å². The topological polar surface area (TPSA) is 84.7 Å². The standard InChI is InChI=1S/C15H21N3O4/c1-15(2,3)22-14(19)16-12-7-6-11(10-13(12)18(20)21)17-8-4-5-9-17/h6-7,10H,4-5,8-9H2,1-3H3,(H,16,19). The van der Waals surface area contributed by atoms with Crippen LogP contribution in [-0.4, -0.2) is 29.7 Å². The molecule has 7 nitrogen and oxygen atoms in total. The smallest absolute Gasteiger partial charge is 0.412 e. The summed E-state index contributed by atoms with van der Waals surface area (Å²) in [5.41, 5.74) is 0.158. The Labute approximate surface area is 129 Å². The van der Waals surface area contributed by atoms with Gasteiger partial charge in [-0.1, -0.05) is 0 Å². The van der Waals surface area contributed by atoms with Crippen LogP contribution in [0.5, 0.6) is 0 Å². The molecule has 1 fully saturated rings. The van der Waals surface area contributed by atoms with E-state index in [0.717, 1.165) is 31.6 Å². The van der Waals surface area contributed by atoms with Crippen LogP contribution in [0.2, 0.25) is 0 Å². The number of hydrogen-bond acceptors (Lipinski definition) is 5. The second-order valence-electron chi connectivity index (χ2n) is 6.28. The van der Waals surface area contributed by atoms with E-state index in [0.29, 0.717) is 0 Å². The molecule has 7 heteroatoms. The van der Waals surface area contributed by atoms with E-state index < -0.39 is 16.6 Å². The molecule has 1 N–H and O–H groups in total. The number of hydrogen-bond donors (Lipinski definition) is 1. The molecule has 1 saturated heterocycles. The molecule has 1 aliphatic heterocycles. The Morgan fingerprint density at radius 1 is 1.32 bits per heavy atom. The number of nitro groups is 1. The first kappa shape index (κ1) is 16.1. The number of nitrogens with zero attached hydrogens (tertiary/aromatic N) is 2. The molecule has 120 valence electrons. The second kappa shape index (κ2) is 6.21. The van der Waals surface area contributed by atoms with Gasteiger partial charge in [0.2, 0.25) is 0 Å². The Bertz CT molecular complexity index is 575. The van der Waals surface area contributed by atoms with Crippen molar-refractivity contribution in [3.63, 3.8) is 0 Å². The summed E-state index contributed by atoms with van der Waals surface area (Å²) >= 11 is 0. The summed E-state index contributed by atoms with van der Waals surface area (Å²) in [6.45, 7) is 7.00. The molecule has 1 aliphatic rings. The van der Waals surface area contributed by atoms with E-state index in [4.69, 9.17) is 4.74 Å². The number of ether oxygens (including phenoxy) is 1. The third-order valence-electron chi connectivity index (χ3n) is 3.28. The molecule has 1 amide bonds. The number of nitrogens with one attached hydrogen (secondary N) is 1. The summed E-state index contributed by atoms with van der Waals surface area (Å²) in [5, 5.41) is 13.7. The number of benzene rings is 1. The number of amides is 1. The molecule has 0 atom stereocenters. The van der Waals surface area contributed by atoms with Crippen LogP contribution in [0.15, 0.2) is 18.2 Å². The van der Waals surface area contributed by atoms with Crippen molar-refractivity contribution in [3.8, 4) is 0 Å². The molecule has 1 aromatic rings. The largest absolute Gasteiger partial charge is 0.444 e. The normalized spacial score (nSPS) is 14.8. The molecule has 0 bridgehead atoms. The highest BCUT2D eigenvalue weighted by Crippen LogP contribution is 2.31. The summed E-state index contributed by atoms with van der Waals surface area (Å²) in [5.74, 6) is 0. The highest BCUT2D eigenvalue weighted by molar-refractivity contribution is 5.88. The number of carbonyl (C=O) groups is 1. The molecule has 1 heterocycles. The van der Waals surface area contributed by atoms with Crippen LogP contribution in [0.4, 0.5) is 21.9 Å². The summed E-state index contributed by atoms with van der Waals surface area (Å²) in [6, 6.07) is 4.83. The van der Waals surface area contributed by atoms with Gasteiger partial charge in [0, 0.05) is 24.8 Å². The molecular weight excluding hydrogens is 286 g/mol. The minimum absolute atomic E-state index is 0.129. The van der Waals surface area contributed by atoms with Crippen molar-refractivity contribution in [2.45, 2.75) is 39.2 Å². The van der Waals surface area contributed by atoms with E-state index in [1.165, 1.54) is 6.07 Å². The van der Waals surface area contributed by atoms with Crippen molar-refractivity contribution in [1.29, 1.82) is 0 Å². The lowest BCUT2D eigenvalue weighted by Crippen LogP contribution is -2.27. The lowest BCUT2D eigenvalue weighted by Gasteiger charge is -2.20. The Kier molecular flexibility index (Phi) is 4.54. The molecule has 0 aliphatic carbocycles. The number of rotatable bonds is 3. The van der Waals surface area contributed by atoms with Crippen LogP contribution in [-0.2, 0) is 4.74 Å². The molecule has 22 heavy (non-hydrogen) atoms. The molecule has 0 radical (unpaired) electrons. The predicted molar refractivity (Wildman–Crippen MR) is 84.4 cm³/mol. The predicted octanol–water partition coefficient (Wildman–Crippen LogP) is 3.54. The first-order valence-electron chi connectivity index (χ1n) is 7.30. The van der Waals surface area contributed by atoms with Gasteiger partial charge < -0.3 is 9.64 Å². The fourth-order valence-corrected chi connectivity index (χ4v) is 2.36. The zero-order chi connectivity index (χ0) is 16.3. The third kappa shape index (κ3) is 4.09. The van der Waals surface area contributed by atoms with Gasteiger partial charge in [0.25, 0.3) is 5.69 Å². The van der Waals surface area contributed by atoms with Crippen molar-refractivity contribution in [3.05, 3.63) is 28.3 Å². The van der Waals surface area contributed by atoms with Crippen LogP contribution < -0.4 is 10.2 Å². The maximum absolute atomic E-state index is 11.8. The van der Waals surface area contributed by atoms with E-state index >= 15 is 0 Å². The average molecular weight is 307 g/mol. The maximum atomic E-state index is 11.8. The lowest BCUT2D eigenvalue weighted by molar-refractivity contribution is -0.383. The highest BCUT2D eigenvalue weighted by atomic mass is 16.6. The quantitative estimate of drug-likeness (QED) is 0.682. The fourth-order valence-electron chi connectivity index (χ4n) is 2.36. The van der Waals surface area contributed by atoms with Crippen molar-refractivity contribution < 1.29 is 14.5 Å². The highest BCUT2D eigenvalue weighted by Gasteiger charge is 2.22. The monoisotopic (exact) mass is 307 g/mol. The summed E-state index contributed by atoms with van der Waals surface area (Å²) in [6.07, 6.45) is 1.47. The molecule has 0 saturated carbocycles. The lowest BCUT2D eigenvalue weighted by atomic mass is 10.2. The molecule has 1 aromatic carbocycles. The number of carbonyl (C=O) groups excluding carboxylic acids is 1. The maximum Gasteiger partial charge on any atom is 0.412 e. The SMILES string of the molecule is CC(C)(C)OC(=O)Nc1ccc(N2CCCC2)cc1[N+](=O)[O-]. The van der Waals surface area contributed by atoms with Gasteiger partial charge in [-0.25, -0.2) is 4.79 Å². The molecule has 0 spiro atoms. The van der Waals surface area contributed by atoms with E-state index in [2.05, 4.69) is 10.2 Å². The van der Waals surface area contributed by atoms with Crippen molar-refractivity contribution in [1.82, 2.24) is 0 Å². The Morgan fingerprint density at radius 2 is 1.95 bits per heavy atom. The van der Waals surface area contributed by atoms with Crippen molar-refractivity contribution in [2.75, 3.05) is 23.3 Å². The summed E-state index contributed by atoms with van der Waals surface area (Å²) < 4.78 is 5.12. The van der Waals surface area contributed by atoms with Gasteiger partial charge in [0.05, 0.1) is 4.92 Å². The van der Waals surface area contributed by atoms with Gasteiger partial charge in [-0.2, -0.15) is 0 Å².